The minimum Gasteiger partial charge on any atom is -0.453 e. The Hall–Kier alpha value is -3.80. The van der Waals surface area contributed by atoms with Crippen molar-refractivity contribution < 1.29 is 13.9 Å². The zero-order valence-corrected chi connectivity index (χ0v) is 14.8. The lowest BCUT2D eigenvalue weighted by Crippen LogP contribution is -2.24. The molecule has 1 N–H and O–H groups in total. The standard InChI is InChI=1S/C22H16FN3O2/c23-19-12-15(7-8-20(19)28-17-5-3-10-24-14-17)13-26-22(27)21-18-6-2-1-4-16(18)9-11-25-21/h1-12,14H,13H2,(H,26,27). The summed E-state index contributed by atoms with van der Waals surface area (Å²) in [5, 5.41) is 4.49. The second-order valence-electron chi connectivity index (χ2n) is 6.12. The summed E-state index contributed by atoms with van der Waals surface area (Å²) in [6, 6.07) is 17.3. The van der Waals surface area contributed by atoms with E-state index in [-0.39, 0.29) is 18.2 Å². The van der Waals surface area contributed by atoms with Gasteiger partial charge in [-0.25, -0.2) is 4.39 Å². The molecule has 0 aliphatic heterocycles. The maximum absolute atomic E-state index is 14.3. The smallest absolute Gasteiger partial charge is 0.270 e. The number of halogens is 1. The highest BCUT2D eigenvalue weighted by atomic mass is 19.1. The summed E-state index contributed by atoms with van der Waals surface area (Å²) in [6.07, 6.45) is 4.71. The molecular formula is C22H16FN3O2. The van der Waals surface area contributed by atoms with Crippen LogP contribution in [-0.2, 0) is 6.54 Å². The summed E-state index contributed by atoms with van der Waals surface area (Å²) in [5.41, 5.74) is 0.958. The van der Waals surface area contributed by atoms with Gasteiger partial charge in [-0.3, -0.25) is 14.8 Å². The Kier molecular flexibility index (Phi) is 4.93. The van der Waals surface area contributed by atoms with Crippen molar-refractivity contribution in [3.8, 4) is 11.5 Å². The Morgan fingerprint density at radius 3 is 2.75 bits per heavy atom. The van der Waals surface area contributed by atoms with Crippen molar-refractivity contribution in [2.45, 2.75) is 6.54 Å². The van der Waals surface area contributed by atoms with Crippen LogP contribution in [-0.4, -0.2) is 15.9 Å². The molecule has 2 heterocycles. The Labute approximate surface area is 160 Å². The molecule has 0 spiro atoms. The van der Waals surface area contributed by atoms with Gasteiger partial charge in [0.2, 0.25) is 0 Å². The highest BCUT2D eigenvalue weighted by Gasteiger charge is 2.12. The molecule has 0 aliphatic carbocycles. The first-order chi connectivity index (χ1) is 13.7. The number of benzene rings is 2. The molecule has 0 fully saturated rings. The molecule has 0 atom stereocenters. The van der Waals surface area contributed by atoms with Crippen LogP contribution in [0.1, 0.15) is 16.1 Å². The van der Waals surface area contributed by atoms with E-state index >= 15 is 0 Å². The third-order valence-electron chi connectivity index (χ3n) is 4.20. The second kappa shape index (κ2) is 7.84. The second-order valence-corrected chi connectivity index (χ2v) is 6.12. The quantitative estimate of drug-likeness (QED) is 0.560. The largest absolute Gasteiger partial charge is 0.453 e. The van der Waals surface area contributed by atoms with Crippen LogP contribution in [0.25, 0.3) is 10.8 Å². The number of aromatic nitrogens is 2. The SMILES string of the molecule is O=C(NCc1ccc(Oc2cccnc2)c(F)c1)c1nccc2ccccc12. The fraction of sp³-hybridized carbons (Fsp3) is 0.0455. The van der Waals surface area contributed by atoms with Gasteiger partial charge in [0, 0.05) is 24.3 Å². The van der Waals surface area contributed by atoms with Gasteiger partial charge >= 0.3 is 0 Å². The summed E-state index contributed by atoms with van der Waals surface area (Å²) in [5.74, 6) is -0.282. The minimum absolute atomic E-state index is 0.0961. The van der Waals surface area contributed by atoms with Crippen LogP contribution in [0.2, 0.25) is 0 Å². The number of hydrogen-bond acceptors (Lipinski definition) is 4. The minimum atomic E-state index is -0.515. The van der Waals surface area contributed by atoms with Gasteiger partial charge in [0.25, 0.3) is 5.91 Å². The lowest BCUT2D eigenvalue weighted by molar-refractivity contribution is 0.0947. The van der Waals surface area contributed by atoms with Gasteiger partial charge in [-0.05, 0) is 41.3 Å². The van der Waals surface area contributed by atoms with E-state index in [0.29, 0.717) is 17.0 Å². The molecule has 2 aromatic heterocycles. The van der Waals surface area contributed by atoms with Crippen molar-refractivity contribution in [1.82, 2.24) is 15.3 Å². The van der Waals surface area contributed by atoms with E-state index in [1.807, 2.05) is 30.3 Å². The van der Waals surface area contributed by atoms with E-state index < -0.39 is 5.82 Å². The highest BCUT2D eigenvalue weighted by molar-refractivity contribution is 6.05. The van der Waals surface area contributed by atoms with E-state index in [9.17, 15) is 9.18 Å². The molecule has 0 aliphatic rings. The molecule has 0 bridgehead atoms. The van der Waals surface area contributed by atoms with Crippen LogP contribution in [0.5, 0.6) is 11.5 Å². The Balaban J connectivity index is 1.46. The first-order valence-electron chi connectivity index (χ1n) is 8.69. The van der Waals surface area contributed by atoms with Crippen molar-refractivity contribution >= 4 is 16.7 Å². The van der Waals surface area contributed by atoms with Crippen molar-refractivity contribution in [1.29, 1.82) is 0 Å². The number of nitrogens with one attached hydrogen (secondary N) is 1. The first-order valence-corrected chi connectivity index (χ1v) is 8.69. The Morgan fingerprint density at radius 1 is 1.04 bits per heavy atom. The zero-order chi connectivity index (χ0) is 19.3. The average molecular weight is 373 g/mol. The number of amides is 1. The van der Waals surface area contributed by atoms with Crippen LogP contribution in [0.3, 0.4) is 0 Å². The Bertz CT molecular complexity index is 1130. The summed E-state index contributed by atoms with van der Waals surface area (Å²) >= 11 is 0. The lowest BCUT2D eigenvalue weighted by Gasteiger charge is -2.10. The number of carbonyl (C=O) groups is 1. The van der Waals surface area contributed by atoms with Gasteiger partial charge in [-0.2, -0.15) is 0 Å². The topological polar surface area (TPSA) is 64.1 Å². The van der Waals surface area contributed by atoms with Crippen LogP contribution in [0, 0.1) is 5.82 Å². The predicted molar refractivity (Wildman–Crippen MR) is 104 cm³/mol. The molecule has 6 heteroatoms. The van der Waals surface area contributed by atoms with Gasteiger partial charge in [0.15, 0.2) is 11.6 Å². The van der Waals surface area contributed by atoms with Crippen LogP contribution < -0.4 is 10.1 Å². The summed E-state index contributed by atoms with van der Waals surface area (Å²) < 4.78 is 19.8. The van der Waals surface area contributed by atoms with E-state index in [0.717, 1.165) is 10.8 Å². The fourth-order valence-corrected chi connectivity index (χ4v) is 2.84. The zero-order valence-electron chi connectivity index (χ0n) is 14.8. The molecule has 28 heavy (non-hydrogen) atoms. The molecule has 4 aromatic rings. The van der Waals surface area contributed by atoms with E-state index in [1.54, 1.807) is 30.6 Å². The number of fused-ring (bicyclic) bond motifs is 1. The van der Waals surface area contributed by atoms with Gasteiger partial charge in [0.1, 0.15) is 11.4 Å². The van der Waals surface area contributed by atoms with Crippen molar-refractivity contribution in [3.05, 3.63) is 96.3 Å². The highest BCUT2D eigenvalue weighted by Crippen LogP contribution is 2.24. The number of rotatable bonds is 5. The number of carbonyl (C=O) groups excluding carboxylic acids is 1. The molecule has 0 unspecified atom stereocenters. The molecular weight excluding hydrogens is 357 g/mol. The maximum Gasteiger partial charge on any atom is 0.270 e. The number of hydrogen-bond donors (Lipinski definition) is 1. The fourth-order valence-electron chi connectivity index (χ4n) is 2.84. The van der Waals surface area contributed by atoms with E-state index in [4.69, 9.17) is 4.74 Å². The van der Waals surface area contributed by atoms with Crippen LogP contribution in [0.4, 0.5) is 4.39 Å². The number of nitrogens with zero attached hydrogens (tertiary/aromatic N) is 2. The van der Waals surface area contributed by atoms with Gasteiger partial charge in [-0.15, -0.1) is 0 Å². The molecule has 2 aromatic carbocycles. The van der Waals surface area contributed by atoms with Crippen LogP contribution in [0.15, 0.2) is 79.3 Å². The van der Waals surface area contributed by atoms with Gasteiger partial charge in [0.05, 0.1) is 6.20 Å². The molecule has 0 saturated heterocycles. The maximum atomic E-state index is 14.3. The molecule has 1 amide bonds. The predicted octanol–water partition coefficient (Wildman–Crippen LogP) is 4.49. The molecule has 0 saturated carbocycles. The third-order valence-corrected chi connectivity index (χ3v) is 4.20. The summed E-state index contributed by atoms with van der Waals surface area (Å²) in [7, 11) is 0. The lowest BCUT2D eigenvalue weighted by atomic mass is 10.1. The first kappa shape index (κ1) is 17.6. The Morgan fingerprint density at radius 2 is 1.93 bits per heavy atom. The van der Waals surface area contributed by atoms with E-state index in [1.165, 1.54) is 18.3 Å². The van der Waals surface area contributed by atoms with Gasteiger partial charge in [-0.1, -0.05) is 30.3 Å². The molecule has 138 valence electrons. The normalized spacial score (nSPS) is 10.6. The monoisotopic (exact) mass is 373 g/mol. The molecule has 5 nitrogen and oxygen atoms in total. The van der Waals surface area contributed by atoms with Crippen molar-refractivity contribution in [3.63, 3.8) is 0 Å². The van der Waals surface area contributed by atoms with Crippen molar-refractivity contribution in [2.24, 2.45) is 0 Å². The number of pyridine rings is 2. The van der Waals surface area contributed by atoms with Crippen LogP contribution >= 0.6 is 0 Å². The van der Waals surface area contributed by atoms with E-state index in [2.05, 4.69) is 15.3 Å². The average Bonchev–Trinajstić information content (AvgIpc) is 2.74. The number of ether oxygens (including phenoxy) is 1. The molecule has 0 radical (unpaired) electrons. The summed E-state index contributed by atoms with van der Waals surface area (Å²) in [4.78, 5) is 20.6. The van der Waals surface area contributed by atoms with Crippen molar-refractivity contribution in [2.75, 3.05) is 0 Å². The molecule has 4 rings (SSSR count). The third kappa shape index (κ3) is 3.81. The van der Waals surface area contributed by atoms with Gasteiger partial charge < -0.3 is 10.1 Å². The summed E-state index contributed by atoms with van der Waals surface area (Å²) in [6.45, 7) is 0.174.